The van der Waals surface area contributed by atoms with Crippen LogP contribution in [0.2, 0.25) is 0 Å². The molecule has 4 rings (SSSR count). The van der Waals surface area contributed by atoms with E-state index in [1.54, 1.807) is 0 Å². The van der Waals surface area contributed by atoms with Crippen molar-refractivity contribution in [1.82, 2.24) is 0 Å². The summed E-state index contributed by atoms with van der Waals surface area (Å²) in [4.78, 5) is 0. The van der Waals surface area contributed by atoms with Crippen LogP contribution in [0.5, 0.6) is 0 Å². The number of fused-ring (bicyclic) bond motifs is 3. The Kier molecular flexibility index (Phi) is 15.8. The minimum atomic E-state index is 0. The molecular formula is C29H37Cl2Zr. The first kappa shape index (κ1) is 31.4. The van der Waals surface area contributed by atoms with Crippen LogP contribution in [-0.2, 0) is 39.0 Å². The van der Waals surface area contributed by atoms with Gasteiger partial charge in [0.1, 0.15) is 0 Å². The van der Waals surface area contributed by atoms with Gasteiger partial charge in [0.25, 0.3) is 0 Å². The molecular weight excluding hydrogens is 510 g/mol. The van der Waals surface area contributed by atoms with E-state index in [0.717, 1.165) is 6.42 Å². The largest absolute Gasteiger partial charge is 3.00 e. The summed E-state index contributed by atoms with van der Waals surface area (Å²) in [6, 6.07) is 14.4. The van der Waals surface area contributed by atoms with Gasteiger partial charge in [-0.1, -0.05) is 83.4 Å². The van der Waals surface area contributed by atoms with Crippen LogP contribution in [0.15, 0.2) is 54.1 Å². The van der Waals surface area contributed by atoms with Gasteiger partial charge in [-0.05, 0) is 59.1 Å². The summed E-state index contributed by atoms with van der Waals surface area (Å²) in [5.74, 6) is 0.377. The molecule has 0 aliphatic heterocycles. The number of rotatable bonds is 7. The zero-order valence-electron chi connectivity index (χ0n) is 20.1. The molecule has 2 aliphatic carbocycles. The average Bonchev–Trinajstić information content (AvgIpc) is 3.36. The topological polar surface area (TPSA) is 0 Å². The zero-order valence-corrected chi connectivity index (χ0v) is 24.1. The van der Waals surface area contributed by atoms with E-state index >= 15 is 0 Å². The van der Waals surface area contributed by atoms with E-state index in [9.17, 15) is 0 Å². The third kappa shape index (κ3) is 7.45. The fourth-order valence-corrected chi connectivity index (χ4v) is 4.39. The quantitative estimate of drug-likeness (QED) is 0.468. The molecule has 0 saturated heterocycles. The summed E-state index contributed by atoms with van der Waals surface area (Å²) in [6.45, 7) is 8.79. The smallest absolute Gasteiger partial charge is 1.00 e. The Morgan fingerprint density at radius 2 is 1.25 bits per heavy atom. The fraction of sp³-hybridized carbons (Fsp3) is 0.448. The third-order valence-electron chi connectivity index (χ3n) is 5.81. The van der Waals surface area contributed by atoms with Gasteiger partial charge in [0, 0.05) is 5.92 Å². The van der Waals surface area contributed by atoms with Crippen molar-refractivity contribution < 1.29 is 51.0 Å². The summed E-state index contributed by atoms with van der Waals surface area (Å²) >= 11 is 0. The second kappa shape index (κ2) is 16.1. The summed E-state index contributed by atoms with van der Waals surface area (Å²) in [5, 5.41) is 0. The molecule has 3 heteroatoms. The molecule has 171 valence electrons. The van der Waals surface area contributed by atoms with Crippen molar-refractivity contribution >= 4 is 0 Å². The number of hydrogen-bond acceptors (Lipinski definition) is 0. The summed E-state index contributed by atoms with van der Waals surface area (Å²) in [7, 11) is 0. The van der Waals surface area contributed by atoms with Gasteiger partial charge in [0.2, 0.25) is 0 Å². The van der Waals surface area contributed by atoms with Crippen LogP contribution in [0.4, 0.5) is 0 Å². The Labute approximate surface area is 228 Å². The van der Waals surface area contributed by atoms with Gasteiger partial charge in [-0.15, -0.1) is 6.42 Å². The van der Waals surface area contributed by atoms with Gasteiger partial charge >= 0.3 is 26.2 Å². The number of hydrogen-bond donors (Lipinski definition) is 0. The Hall–Kier alpha value is -0.617. The number of benzene rings is 2. The number of aryl methyl sites for hydroxylation is 2. The van der Waals surface area contributed by atoms with E-state index in [4.69, 9.17) is 0 Å². The Morgan fingerprint density at radius 3 is 1.62 bits per heavy atom. The van der Waals surface area contributed by atoms with E-state index in [-0.39, 0.29) is 51.0 Å². The first-order valence-electron chi connectivity index (χ1n) is 11.8. The number of unbranched alkanes of at least 4 members (excludes halogenated alkanes) is 2. The van der Waals surface area contributed by atoms with Crippen LogP contribution in [0.25, 0.3) is 11.1 Å². The molecule has 0 aromatic heterocycles. The van der Waals surface area contributed by atoms with E-state index in [2.05, 4.69) is 82.3 Å². The van der Waals surface area contributed by atoms with Crippen molar-refractivity contribution in [3.05, 3.63) is 82.5 Å². The minimum absolute atomic E-state index is 0. The van der Waals surface area contributed by atoms with Gasteiger partial charge in [-0.2, -0.15) is 6.08 Å². The first-order valence-corrected chi connectivity index (χ1v) is 11.8. The van der Waals surface area contributed by atoms with Gasteiger partial charge in [0.15, 0.2) is 0 Å². The van der Waals surface area contributed by atoms with E-state index in [0.29, 0.717) is 5.92 Å². The fourth-order valence-electron chi connectivity index (χ4n) is 4.39. The van der Waals surface area contributed by atoms with Crippen LogP contribution in [0, 0.1) is 6.08 Å². The Balaban J connectivity index is 0.00000152. The van der Waals surface area contributed by atoms with E-state index in [1.165, 1.54) is 83.9 Å². The van der Waals surface area contributed by atoms with Gasteiger partial charge < -0.3 is 24.8 Å². The molecule has 0 heterocycles. The Bertz CT molecular complexity index is 825. The molecule has 2 aromatic carbocycles. The van der Waals surface area contributed by atoms with Gasteiger partial charge in [-0.25, -0.2) is 11.6 Å². The summed E-state index contributed by atoms with van der Waals surface area (Å²) < 4.78 is 0. The van der Waals surface area contributed by atoms with Gasteiger partial charge in [0.05, 0.1) is 0 Å². The normalized spacial score (nSPS) is 12.9. The molecule has 0 fully saturated rings. The maximum Gasteiger partial charge on any atom is 3.00 e. The number of halogens is 2. The third-order valence-corrected chi connectivity index (χ3v) is 5.81. The first-order chi connectivity index (χ1) is 14.2. The van der Waals surface area contributed by atoms with Crippen LogP contribution >= 0.6 is 0 Å². The molecule has 0 N–H and O–H groups in total. The van der Waals surface area contributed by atoms with Crippen molar-refractivity contribution in [2.75, 3.05) is 0 Å². The SMILES string of the molecule is CCC.CCCCc1ccc2c(c1)C(C1=[C-]CC=C1)c1cc(CCCC)ccc1-2.[Cl-].[Cl-].[Zr+3]. The minimum Gasteiger partial charge on any atom is -1.00 e. The van der Waals surface area contributed by atoms with Crippen LogP contribution in [0.3, 0.4) is 0 Å². The summed E-state index contributed by atoms with van der Waals surface area (Å²) in [5.41, 5.74) is 10.2. The maximum absolute atomic E-state index is 3.61. The van der Waals surface area contributed by atoms with Crippen LogP contribution in [0.1, 0.15) is 94.4 Å². The molecule has 0 unspecified atom stereocenters. The molecule has 0 saturated carbocycles. The van der Waals surface area contributed by atoms with Crippen molar-refractivity contribution in [3.8, 4) is 11.1 Å². The number of allylic oxidation sites excluding steroid dienone is 4. The Morgan fingerprint density at radius 1 is 0.781 bits per heavy atom. The van der Waals surface area contributed by atoms with Crippen molar-refractivity contribution in [1.29, 1.82) is 0 Å². The molecule has 0 atom stereocenters. The molecule has 0 nitrogen and oxygen atoms in total. The predicted octanol–water partition coefficient (Wildman–Crippen LogP) is 2.60. The average molecular weight is 548 g/mol. The van der Waals surface area contributed by atoms with Crippen molar-refractivity contribution in [2.24, 2.45) is 0 Å². The van der Waals surface area contributed by atoms with E-state index < -0.39 is 0 Å². The molecule has 32 heavy (non-hydrogen) atoms. The van der Waals surface area contributed by atoms with E-state index in [1.807, 2.05) is 0 Å². The predicted molar refractivity (Wildman–Crippen MR) is 127 cm³/mol. The van der Waals surface area contributed by atoms with Crippen molar-refractivity contribution in [3.63, 3.8) is 0 Å². The zero-order chi connectivity index (χ0) is 20.6. The van der Waals surface area contributed by atoms with Gasteiger partial charge in [-0.3, -0.25) is 6.08 Å². The maximum atomic E-state index is 3.61. The molecule has 2 aliphatic rings. The van der Waals surface area contributed by atoms with Crippen LogP contribution < -0.4 is 24.8 Å². The molecule has 1 radical (unpaired) electrons. The standard InChI is InChI=1S/C26H29.C3H8.2ClH.Zr/c1-3-5-9-19-13-15-22-23-16-14-20(10-6-4-2)18-25(23)26(24(22)17-19)21-11-7-8-12-21;1-3-2;;;/h7,11,13-18,26H,3-6,8-10H2,1-2H3;3H2,1-2H3;2*1H;/q-1;;;;+3/p-2. The summed E-state index contributed by atoms with van der Waals surface area (Å²) in [6.07, 6.45) is 17.8. The molecule has 0 spiro atoms. The molecule has 2 aromatic rings. The van der Waals surface area contributed by atoms with Crippen LogP contribution in [-0.4, -0.2) is 0 Å². The molecule has 0 amide bonds. The second-order valence-corrected chi connectivity index (χ2v) is 8.43. The monoisotopic (exact) mass is 545 g/mol. The molecule has 0 bridgehead atoms. The second-order valence-electron chi connectivity index (χ2n) is 8.43. The van der Waals surface area contributed by atoms with Crippen molar-refractivity contribution in [2.45, 2.75) is 85.0 Å².